The van der Waals surface area contributed by atoms with Crippen molar-refractivity contribution in [2.45, 2.75) is 31.5 Å². The van der Waals surface area contributed by atoms with E-state index in [-0.39, 0.29) is 6.17 Å². The van der Waals surface area contributed by atoms with Gasteiger partial charge >= 0.3 is 0 Å². The van der Waals surface area contributed by atoms with Gasteiger partial charge in [0.2, 0.25) is 0 Å². The van der Waals surface area contributed by atoms with Gasteiger partial charge in [-0.15, -0.1) is 0 Å². The van der Waals surface area contributed by atoms with Gasteiger partial charge in [-0.1, -0.05) is 54.6 Å². The van der Waals surface area contributed by atoms with Gasteiger partial charge in [0.1, 0.15) is 5.82 Å². The molecule has 196 valence electrons. The Morgan fingerprint density at radius 1 is 0.875 bits per heavy atom. The molecule has 0 amide bonds. The molecule has 1 saturated heterocycles. The fourth-order valence-corrected chi connectivity index (χ4v) is 5.89. The molecule has 1 fully saturated rings. The van der Waals surface area contributed by atoms with E-state index in [1.54, 1.807) is 0 Å². The number of likely N-dealkylation sites (tertiary alicyclic amines) is 1. The van der Waals surface area contributed by atoms with Crippen LogP contribution in [0.1, 0.15) is 47.4 Å². The van der Waals surface area contributed by atoms with Gasteiger partial charge in [0.25, 0.3) is 0 Å². The van der Waals surface area contributed by atoms with E-state index in [9.17, 15) is 5.26 Å². The number of rotatable bonds is 5. The fourth-order valence-electron chi connectivity index (χ4n) is 5.89. The highest BCUT2D eigenvalue weighted by atomic mass is 15.2. The lowest BCUT2D eigenvalue weighted by Gasteiger charge is -2.32. The number of benzene rings is 4. The first-order chi connectivity index (χ1) is 19.7. The predicted molar refractivity (Wildman–Crippen MR) is 158 cm³/mol. The highest BCUT2D eigenvalue weighted by Crippen LogP contribution is 2.31. The Labute approximate surface area is 233 Å². The molecule has 5 aromatic rings. The van der Waals surface area contributed by atoms with Crippen LogP contribution in [0.25, 0.3) is 17.2 Å². The number of imidazole rings is 1. The Morgan fingerprint density at radius 3 is 2.42 bits per heavy atom. The van der Waals surface area contributed by atoms with Gasteiger partial charge in [-0.2, -0.15) is 5.26 Å². The third kappa shape index (κ3) is 4.76. The Bertz CT molecular complexity index is 1780. The van der Waals surface area contributed by atoms with Crippen molar-refractivity contribution in [3.05, 3.63) is 130 Å². The molecule has 4 aromatic carbocycles. The molecular formula is C34H30N6. The number of para-hydroxylation sites is 3. The second-order valence-electron chi connectivity index (χ2n) is 10.7. The maximum absolute atomic E-state index is 9.37. The van der Waals surface area contributed by atoms with Gasteiger partial charge in [0.05, 0.1) is 28.0 Å². The Morgan fingerprint density at radius 2 is 1.65 bits per heavy atom. The number of H-pyrrole nitrogens is 1. The summed E-state index contributed by atoms with van der Waals surface area (Å²) in [6.07, 6.45) is 4.18. The van der Waals surface area contributed by atoms with E-state index in [1.165, 1.54) is 5.56 Å². The number of hydrogen-bond acceptors (Lipinski definition) is 5. The van der Waals surface area contributed by atoms with Gasteiger partial charge in [-0.3, -0.25) is 9.89 Å². The summed E-state index contributed by atoms with van der Waals surface area (Å²) in [5.41, 5.74) is 6.36. The first kappa shape index (κ1) is 24.3. The lowest BCUT2D eigenvalue weighted by Crippen LogP contribution is -2.38. The van der Waals surface area contributed by atoms with Crippen LogP contribution < -0.4 is 15.5 Å². The normalized spacial score (nSPS) is 17.6. The molecule has 0 radical (unpaired) electrons. The molecule has 0 bridgehead atoms. The summed E-state index contributed by atoms with van der Waals surface area (Å²) < 4.78 is 0. The van der Waals surface area contributed by atoms with Gasteiger partial charge in [0.15, 0.2) is 6.17 Å². The second-order valence-corrected chi connectivity index (χ2v) is 10.7. The zero-order valence-electron chi connectivity index (χ0n) is 22.2. The zero-order chi connectivity index (χ0) is 26.9. The number of anilines is 1. The highest BCUT2D eigenvalue weighted by Gasteiger charge is 2.24. The fraction of sp³-hybridized carbons (Fsp3) is 0.206. The SMILES string of the molecule is N#Cc1ccc2c(c1)=CN(c1ccccc1)C(c1ccc(CN3CCC(c4nc5ccccc5[nH]4)CC3)cc1)N=2. The molecule has 6 heteroatoms. The zero-order valence-corrected chi connectivity index (χ0v) is 22.2. The van der Waals surface area contributed by atoms with Crippen LogP contribution in [0.4, 0.5) is 5.69 Å². The van der Waals surface area contributed by atoms with Crippen LogP contribution in [0.5, 0.6) is 0 Å². The van der Waals surface area contributed by atoms with Crippen molar-refractivity contribution >= 4 is 22.9 Å². The van der Waals surface area contributed by atoms with E-state index in [2.05, 4.69) is 81.7 Å². The van der Waals surface area contributed by atoms with Crippen molar-refractivity contribution in [3.63, 3.8) is 0 Å². The van der Waals surface area contributed by atoms with Crippen LogP contribution in [0.2, 0.25) is 0 Å². The minimum absolute atomic E-state index is 0.170. The van der Waals surface area contributed by atoms with Crippen LogP contribution in [0.3, 0.4) is 0 Å². The molecule has 0 spiro atoms. The number of aromatic amines is 1. The van der Waals surface area contributed by atoms with E-state index < -0.39 is 0 Å². The van der Waals surface area contributed by atoms with Gasteiger partial charge in [-0.25, -0.2) is 4.98 Å². The van der Waals surface area contributed by atoms with E-state index in [4.69, 9.17) is 9.98 Å². The monoisotopic (exact) mass is 522 g/mol. The minimum atomic E-state index is -0.170. The molecule has 1 N–H and O–H groups in total. The first-order valence-electron chi connectivity index (χ1n) is 13.9. The summed E-state index contributed by atoms with van der Waals surface area (Å²) in [6.45, 7) is 3.09. The first-order valence-corrected chi connectivity index (χ1v) is 13.9. The number of fused-ring (bicyclic) bond motifs is 2. The number of hydrogen-bond donors (Lipinski definition) is 1. The smallest absolute Gasteiger partial charge is 0.151 e. The lowest BCUT2D eigenvalue weighted by atomic mass is 9.95. The molecule has 7 rings (SSSR count). The average Bonchev–Trinajstić information content (AvgIpc) is 3.46. The van der Waals surface area contributed by atoms with Gasteiger partial charge in [0, 0.05) is 29.6 Å². The molecule has 3 heterocycles. The maximum atomic E-state index is 9.37. The highest BCUT2D eigenvalue weighted by molar-refractivity contribution is 5.74. The number of aromatic nitrogens is 2. The molecule has 1 atom stereocenters. The summed E-state index contributed by atoms with van der Waals surface area (Å²) in [5.74, 6) is 1.62. The third-order valence-electron chi connectivity index (χ3n) is 8.08. The second kappa shape index (κ2) is 10.4. The molecule has 40 heavy (non-hydrogen) atoms. The maximum Gasteiger partial charge on any atom is 0.151 e. The summed E-state index contributed by atoms with van der Waals surface area (Å²) >= 11 is 0. The molecular weight excluding hydrogens is 492 g/mol. The largest absolute Gasteiger partial charge is 0.342 e. The minimum Gasteiger partial charge on any atom is -0.342 e. The molecule has 0 saturated carbocycles. The summed E-state index contributed by atoms with van der Waals surface area (Å²) in [4.78, 5) is 18.2. The Balaban J connectivity index is 1.07. The van der Waals surface area contributed by atoms with Crippen molar-refractivity contribution in [3.8, 4) is 6.07 Å². The van der Waals surface area contributed by atoms with Crippen LogP contribution in [-0.2, 0) is 6.54 Å². The van der Waals surface area contributed by atoms with E-state index in [0.29, 0.717) is 11.5 Å². The van der Waals surface area contributed by atoms with Gasteiger partial charge < -0.3 is 9.88 Å². The predicted octanol–water partition coefficient (Wildman–Crippen LogP) is 5.39. The van der Waals surface area contributed by atoms with Crippen molar-refractivity contribution < 1.29 is 0 Å². The van der Waals surface area contributed by atoms with E-state index in [0.717, 1.165) is 71.2 Å². The van der Waals surface area contributed by atoms with Crippen LogP contribution in [0, 0.1) is 11.3 Å². The Hall–Kier alpha value is -4.73. The third-order valence-corrected chi connectivity index (χ3v) is 8.08. The molecule has 1 aromatic heterocycles. The summed E-state index contributed by atoms with van der Waals surface area (Å²) in [7, 11) is 0. The molecule has 2 aliphatic heterocycles. The molecule has 6 nitrogen and oxygen atoms in total. The average molecular weight is 523 g/mol. The van der Waals surface area contributed by atoms with Crippen LogP contribution >= 0.6 is 0 Å². The lowest BCUT2D eigenvalue weighted by molar-refractivity contribution is 0.202. The number of nitriles is 1. The van der Waals surface area contributed by atoms with Gasteiger partial charge in [-0.05, 0) is 79.5 Å². The van der Waals surface area contributed by atoms with Crippen LogP contribution in [0.15, 0.2) is 102 Å². The topological polar surface area (TPSA) is 71.3 Å². The number of nitrogens with zero attached hydrogens (tertiary/aromatic N) is 5. The quantitative estimate of drug-likeness (QED) is 0.336. The standard InChI is InChI=1S/C34H30N6/c35-21-25-12-15-30-28(20-25)23-40(29-6-2-1-3-7-29)34(38-30)27-13-10-24(11-14-27)22-39-18-16-26(17-19-39)33-36-31-8-4-5-9-32(31)37-33/h1-15,20,23,26,34H,16-19,22H2,(H,36,37). The molecule has 2 aliphatic rings. The van der Waals surface area contributed by atoms with Crippen molar-refractivity contribution in [1.29, 1.82) is 5.26 Å². The molecule has 0 aliphatic carbocycles. The Kier molecular flexibility index (Phi) is 6.35. The van der Waals surface area contributed by atoms with Crippen molar-refractivity contribution in [1.82, 2.24) is 14.9 Å². The molecule has 1 unspecified atom stereocenters. The number of piperidine rings is 1. The van der Waals surface area contributed by atoms with E-state index in [1.807, 2.05) is 42.5 Å². The summed E-state index contributed by atoms with van der Waals surface area (Å²) in [6, 6.07) is 35.4. The van der Waals surface area contributed by atoms with Crippen molar-refractivity contribution in [2.24, 2.45) is 4.99 Å². The number of nitrogens with one attached hydrogen (secondary N) is 1. The van der Waals surface area contributed by atoms with Crippen LogP contribution in [-0.4, -0.2) is 28.0 Å². The van der Waals surface area contributed by atoms with E-state index >= 15 is 0 Å². The summed E-state index contributed by atoms with van der Waals surface area (Å²) in [5, 5.41) is 11.2. The van der Waals surface area contributed by atoms with Crippen molar-refractivity contribution in [2.75, 3.05) is 18.0 Å².